The van der Waals surface area contributed by atoms with Crippen molar-refractivity contribution < 1.29 is 9.53 Å². The van der Waals surface area contributed by atoms with Crippen molar-refractivity contribution in [2.75, 3.05) is 19.1 Å². The van der Waals surface area contributed by atoms with Gasteiger partial charge >= 0.3 is 5.97 Å². The van der Waals surface area contributed by atoms with Crippen LogP contribution in [0.15, 0.2) is 42.7 Å². The Bertz CT molecular complexity index is 543. The molecule has 0 fully saturated rings. The highest BCUT2D eigenvalue weighted by molar-refractivity contribution is 5.87. The van der Waals surface area contributed by atoms with Crippen LogP contribution in [-0.4, -0.2) is 30.1 Å². The molecule has 0 bridgehead atoms. The monoisotopic (exact) mass is 243 g/mol. The Balaban J connectivity index is 2.31. The third-order valence-electron chi connectivity index (χ3n) is 2.50. The van der Waals surface area contributed by atoms with E-state index in [-0.39, 0.29) is 5.69 Å². The predicted molar refractivity (Wildman–Crippen MR) is 67.9 cm³/mol. The number of hydrogen-bond donors (Lipinski definition) is 0. The molecule has 0 saturated carbocycles. The molecule has 2 aromatic rings. The average molecular weight is 243 g/mol. The number of carbonyl (C=O) groups excluding carboxylic acids is 1. The fourth-order valence-corrected chi connectivity index (χ4v) is 1.50. The van der Waals surface area contributed by atoms with Crippen LogP contribution < -0.4 is 4.90 Å². The maximum atomic E-state index is 11.4. The van der Waals surface area contributed by atoms with Crippen molar-refractivity contribution in [1.82, 2.24) is 9.97 Å². The van der Waals surface area contributed by atoms with E-state index in [0.717, 1.165) is 5.69 Å². The second-order valence-corrected chi connectivity index (χ2v) is 3.65. The molecular formula is C13H13N3O2. The molecule has 5 nitrogen and oxygen atoms in total. The van der Waals surface area contributed by atoms with E-state index in [0.29, 0.717) is 5.82 Å². The Hall–Kier alpha value is -2.43. The summed E-state index contributed by atoms with van der Waals surface area (Å²) in [5.74, 6) is 0.0925. The quantitative estimate of drug-likeness (QED) is 0.772. The molecule has 1 heterocycles. The maximum Gasteiger partial charge on any atom is 0.358 e. The van der Waals surface area contributed by atoms with Crippen molar-refractivity contribution in [3.05, 3.63) is 48.4 Å². The van der Waals surface area contributed by atoms with E-state index < -0.39 is 5.97 Å². The van der Waals surface area contributed by atoms with Crippen molar-refractivity contribution in [3.8, 4) is 0 Å². The zero-order chi connectivity index (χ0) is 13.0. The number of carbonyl (C=O) groups is 1. The normalized spacial score (nSPS) is 9.89. The Morgan fingerprint density at radius 1 is 1.22 bits per heavy atom. The van der Waals surface area contributed by atoms with E-state index in [2.05, 4.69) is 14.7 Å². The number of anilines is 2. The standard InChI is InChI=1S/C13H13N3O2/c1-16(10-6-4-3-5-7-10)12-9-14-8-11(15-12)13(17)18-2/h3-9H,1-2H3. The highest BCUT2D eigenvalue weighted by Gasteiger charge is 2.11. The van der Waals surface area contributed by atoms with Crippen LogP contribution >= 0.6 is 0 Å². The van der Waals surface area contributed by atoms with E-state index in [1.165, 1.54) is 13.3 Å². The molecule has 92 valence electrons. The van der Waals surface area contributed by atoms with Gasteiger partial charge in [0.25, 0.3) is 0 Å². The van der Waals surface area contributed by atoms with E-state index in [1.807, 2.05) is 42.3 Å². The molecule has 5 heteroatoms. The smallest absolute Gasteiger partial charge is 0.358 e. The number of para-hydroxylation sites is 1. The number of nitrogens with zero attached hydrogens (tertiary/aromatic N) is 3. The van der Waals surface area contributed by atoms with Crippen molar-refractivity contribution >= 4 is 17.5 Å². The van der Waals surface area contributed by atoms with Gasteiger partial charge in [0.1, 0.15) is 0 Å². The molecule has 0 atom stereocenters. The lowest BCUT2D eigenvalue weighted by Crippen LogP contribution is -2.14. The minimum Gasteiger partial charge on any atom is -0.464 e. The van der Waals surface area contributed by atoms with Crippen LogP contribution in [0.4, 0.5) is 11.5 Å². The van der Waals surface area contributed by atoms with Crippen molar-refractivity contribution in [2.24, 2.45) is 0 Å². The highest BCUT2D eigenvalue weighted by atomic mass is 16.5. The Labute approximate surface area is 105 Å². The zero-order valence-corrected chi connectivity index (χ0v) is 10.2. The summed E-state index contributed by atoms with van der Waals surface area (Å²) in [6.07, 6.45) is 2.98. The lowest BCUT2D eigenvalue weighted by atomic mass is 10.3. The van der Waals surface area contributed by atoms with Gasteiger partial charge in [0.05, 0.1) is 19.5 Å². The second kappa shape index (κ2) is 5.27. The van der Waals surface area contributed by atoms with Gasteiger partial charge in [-0.3, -0.25) is 4.98 Å². The number of methoxy groups -OCH3 is 1. The average Bonchev–Trinajstić information content (AvgIpc) is 2.46. The molecule has 1 aromatic heterocycles. The van der Waals surface area contributed by atoms with E-state index in [1.54, 1.807) is 6.20 Å². The fourth-order valence-electron chi connectivity index (χ4n) is 1.50. The van der Waals surface area contributed by atoms with Crippen LogP contribution in [0.3, 0.4) is 0 Å². The Kier molecular flexibility index (Phi) is 3.52. The van der Waals surface area contributed by atoms with Gasteiger partial charge in [-0.2, -0.15) is 0 Å². The summed E-state index contributed by atoms with van der Waals surface area (Å²) in [7, 11) is 3.18. The molecule has 0 aliphatic heterocycles. The lowest BCUT2D eigenvalue weighted by molar-refractivity contribution is 0.0593. The Morgan fingerprint density at radius 3 is 2.61 bits per heavy atom. The number of ether oxygens (including phenoxy) is 1. The molecule has 0 aliphatic carbocycles. The number of aromatic nitrogens is 2. The molecule has 0 radical (unpaired) electrons. The third kappa shape index (κ3) is 2.45. The number of hydrogen-bond acceptors (Lipinski definition) is 5. The molecule has 0 unspecified atom stereocenters. The van der Waals surface area contributed by atoms with Gasteiger partial charge in [0, 0.05) is 12.7 Å². The number of rotatable bonds is 3. The van der Waals surface area contributed by atoms with E-state index >= 15 is 0 Å². The summed E-state index contributed by atoms with van der Waals surface area (Å²) < 4.78 is 4.62. The molecular weight excluding hydrogens is 230 g/mol. The van der Waals surface area contributed by atoms with Crippen molar-refractivity contribution in [1.29, 1.82) is 0 Å². The van der Waals surface area contributed by atoms with Gasteiger partial charge in [-0.05, 0) is 12.1 Å². The fraction of sp³-hybridized carbons (Fsp3) is 0.154. The van der Waals surface area contributed by atoms with Crippen molar-refractivity contribution in [2.45, 2.75) is 0 Å². The van der Waals surface area contributed by atoms with Crippen LogP contribution in [0, 0.1) is 0 Å². The summed E-state index contributed by atoms with van der Waals surface area (Å²) >= 11 is 0. The Morgan fingerprint density at radius 2 is 1.94 bits per heavy atom. The molecule has 0 saturated heterocycles. The highest BCUT2D eigenvalue weighted by Crippen LogP contribution is 2.20. The third-order valence-corrected chi connectivity index (χ3v) is 2.50. The van der Waals surface area contributed by atoms with Crippen LogP contribution in [0.5, 0.6) is 0 Å². The SMILES string of the molecule is COC(=O)c1cncc(N(C)c2ccccc2)n1. The van der Waals surface area contributed by atoms with Crippen LogP contribution in [0.25, 0.3) is 0 Å². The van der Waals surface area contributed by atoms with Gasteiger partial charge in [-0.25, -0.2) is 9.78 Å². The van der Waals surface area contributed by atoms with Crippen LogP contribution in [-0.2, 0) is 4.74 Å². The van der Waals surface area contributed by atoms with Crippen molar-refractivity contribution in [3.63, 3.8) is 0 Å². The maximum absolute atomic E-state index is 11.4. The number of benzene rings is 1. The lowest BCUT2D eigenvalue weighted by Gasteiger charge is -2.17. The van der Waals surface area contributed by atoms with Crippen LogP contribution in [0.1, 0.15) is 10.5 Å². The van der Waals surface area contributed by atoms with E-state index in [4.69, 9.17) is 0 Å². The molecule has 0 N–H and O–H groups in total. The van der Waals surface area contributed by atoms with Gasteiger partial charge in [-0.15, -0.1) is 0 Å². The summed E-state index contributed by atoms with van der Waals surface area (Å²) in [6.45, 7) is 0. The molecule has 0 spiro atoms. The first-order valence-electron chi connectivity index (χ1n) is 5.41. The first-order valence-corrected chi connectivity index (χ1v) is 5.41. The predicted octanol–water partition coefficient (Wildman–Crippen LogP) is 2.03. The van der Waals surface area contributed by atoms with E-state index in [9.17, 15) is 4.79 Å². The zero-order valence-electron chi connectivity index (χ0n) is 10.2. The van der Waals surface area contributed by atoms with Crippen LogP contribution in [0.2, 0.25) is 0 Å². The minimum absolute atomic E-state index is 0.192. The molecule has 0 amide bonds. The minimum atomic E-state index is -0.495. The first kappa shape index (κ1) is 12.0. The molecule has 18 heavy (non-hydrogen) atoms. The summed E-state index contributed by atoms with van der Waals surface area (Å²) in [6, 6.07) is 9.71. The second-order valence-electron chi connectivity index (χ2n) is 3.65. The molecule has 0 aliphatic rings. The van der Waals surface area contributed by atoms with Gasteiger partial charge in [-0.1, -0.05) is 18.2 Å². The summed E-state index contributed by atoms with van der Waals surface area (Å²) in [5.41, 5.74) is 1.16. The summed E-state index contributed by atoms with van der Waals surface area (Å²) in [4.78, 5) is 21.4. The van der Waals surface area contributed by atoms with Gasteiger partial charge < -0.3 is 9.64 Å². The molecule has 1 aromatic carbocycles. The first-order chi connectivity index (χ1) is 8.72. The largest absolute Gasteiger partial charge is 0.464 e. The number of esters is 1. The topological polar surface area (TPSA) is 55.3 Å². The van der Waals surface area contributed by atoms with Gasteiger partial charge in [0.15, 0.2) is 11.5 Å². The molecule has 2 rings (SSSR count). The van der Waals surface area contributed by atoms with Gasteiger partial charge in [0.2, 0.25) is 0 Å². The summed E-state index contributed by atoms with van der Waals surface area (Å²) in [5, 5.41) is 0.